The zero-order valence-electron chi connectivity index (χ0n) is 14.7. The van der Waals surface area contributed by atoms with Crippen molar-refractivity contribution in [2.45, 2.75) is 11.8 Å². The van der Waals surface area contributed by atoms with E-state index in [-0.39, 0.29) is 16.2 Å². The molecule has 6 nitrogen and oxygen atoms in total. The molecule has 0 saturated heterocycles. The van der Waals surface area contributed by atoms with E-state index in [9.17, 15) is 8.42 Å². The van der Waals surface area contributed by atoms with Gasteiger partial charge in [-0.05, 0) is 37.3 Å². The molecule has 0 spiro atoms. The van der Waals surface area contributed by atoms with Crippen LogP contribution < -0.4 is 4.18 Å². The fourth-order valence-electron chi connectivity index (χ4n) is 2.72. The summed E-state index contributed by atoms with van der Waals surface area (Å²) in [6.45, 7) is 1.86. The zero-order chi connectivity index (χ0) is 19.6. The highest BCUT2D eigenvalue weighted by atomic mass is 32.2. The molecular weight excluding hydrogens is 362 g/mol. The van der Waals surface area contributed by atoms with Crippen molar-refractivity contribution < 1.29 is 12.6 Å². The Balaban J connectivity index is 2.22. The quantitative estimate of drug-likeness (QED) is 0.510. The highest BCUT2D eigenvalue weighted by molar-refractivity contribution is 7.87. The highest BCUT2D eigenvalue weighted by Gasteiger charge is 2.23. The van der Waals surface area contributed by atoms with E-state index in [1.54, 1.807) is 54.1 Å². The summed E-state index contributed by atoms with van der Waals surface area (Å²) in [5.74, 6) is 0.0803. The van der Waals surface area contributed by atoms with E-state index in [1.807, 2.05) is 13.0 Å². The van der Waals surface area contributed by atoms with Gasteiger partial charge in [0, 0.05) is 12.4 Å². The molecule has 0 saturated carbocycles. The van der Waals surface area contributed by atoms with Crippen LogP contribution in [0, 0.1) is 29.6 Å². The van der Waals surface area contributed by atoms with Crippen LogP contribution in [-0.4, -0.2) is 13.0 Å². The van der Waals surface area contributed by atoms with Crippen LogP contribution in [-0.2, 0) is 17.2 Å². The number of rotatable bonds is 4. The normalized spacial score (nSPS) is 10.8. The van der Waals surface area contributed by atoms with E-state index in [1.165, 1.54) is 18.2 Å². The van der Waals surface area contributed by atoms with Crippen LogP contribution in [0.3, 0.4) is 0 Å². The Morgan fingerprint density at radius 2 is 1.70 bits per heavy atom. The molecule has 2 aromatic carbocycles. The monoisotopic (exact) mass is 377 g/mol. The van der Waals surface area contributed by atoms with Gasteiger partial charge in [0.25, 0.3) is 0 Å². The van der Waals surface area contributed by atoms with Gasteiger partial charge in [0.1, 0.15) is 22.6 Å². The molecule has 3 rings (SSSR count). The maximum atomic E-state index is 12.8. The van der Waals surface area contributed by atoms with E-state index in [0.717, 1.165) is 5.56 Å². The van der Waals surface area contributed by atoms with Crippen molar-refractivity contribution in [2.75, 3.05) is 0 Å². The lowest BCUT2D eigenvalue weighted by Gasteiger charge is -2.08. The Labute approximate surface area is 157 Å². The van der Waals surface area contributed by atoms with Crippen molar-refractivity contribution in [3.63, 3.8) is 0 Å². The second-order valence-electron chi connectivity index (χ2n) is 5.92. The van der Waals surface area contributed by atoms with Crippen LogP contribution in [0.2, 0.25) is 0 Å². The van der Waals surface area contributed by atoms with Crippen LogP contribution in [0.25, 0.3) is 17.0 Å². The van der Waals surface area contributed by atoms with Crippen molar-refractivity contribution in [3.8, 4) is 17.9 Å². The lowest BCUT2D eigenvalue weighted by Crippen LogP contribution is -2.10. The number of allylic oxidation sites excluding steroid dienone is 1. The van der Waals surface area contributed by atoms with Crippen LogP contribution in [0.1, 0.15) is 11.3 Å². The average molecular weight is 377 g/mol. The summed E-state index contributed by atoms with van der Waals surface area (Å²) in [5.41, 5.74) is 1.81. The molecule has 7 heteroatoms. The topological polar surface area (TPSA) is 95.9 Å². The molecule has 0 radical (unpaired) electrons. The number of aryl methyl sites for hydroxylation is 2. The number of hydrogen-bond donors (Lipinski definition) is 0. The molecule has 27 heavy (non-hydrogen) atoms. The third-order valence-electron chi connectivity index (χ3n) is 4.13. The Hall–Kier alpha value is -3.55. The van der Waals surface area contributed by atoms with Crippen LogP contribution in [0.4, 0.5) is 0 Å². The molecule has 0 aliphatic heterocycles. The SMILES string of the molecule is Cc1ccc(S(=O)(=O)Oc2c(C=C(C#N)C#N)n(C)c3ccccc23)cc1. The Morgan fingerprint density at radius 3 is 2.33 bits per heavy atom. The average Bonchev–Trinajstić information content (AvgIpc) is 2.91. The highest BCUT2D eigenvalue weighted by Crippen LogP contribution is 2.36. The molecule has 0 N–H and O–H groups in total. The molecule has 1 heterocycles. The summed E-state index contributed by atoms with van der Waals surface area (Å²) in [6, 6.07) is 17.0. The van der Waals surface area contributed by atoms with Gasteiger partial charge in [-0.2, -0.15) is 18.9 Å². The second-order valence-corrected chi connectivity index (χ2v) is 7.47. The molecule has 0 atom stereocenters. The number of para-hydroxylation sites is 1. The minimum atomic E-state index is -4.09. The molecule has 1 aromatic heterocycles. The summed E-state index contributed by atoms with van der Waals surface area (Å²) in [4.78, 5) is 0.0248. The second kappa shape index (κ2) is 6.99. The molecule has 0 aliphatic carbocycles. The minimum Gasteiger partial charge on any atom is -0.376 e. The first-order chi connectivity index (χ1) is 12.9. The predicted molar refractivity (Wildman–Crippen MR) is 101 cm³/mol. The molecule has 3 aromatic rings. The van der Waals surface area contributed by atoms with E-state index in [4.69, 9.17) is 14.7 Å². The lowest BCUT2D eigenvalue weighted by molar-refractivity contribution is 0.487. The van der Waals surface area contributed by atoms with Crippen molar-refractivity contribution >= 4 is 27.1 Å². The molecular formula is C20H15N3O3S. The predicted octanol–water partition coefficient (Wildman–Crippen LogP) is 3.68. The maximum Gasteiger partial charge on any atom is 0.339 e. The number of fused-ring (bicyclic) bond motifs is 1. The van der Waals surface area contributed by atoms with Gasteiger partial charge in [0.15, 0.2) is 5.75 Å². The fraction of sp³-hybridized carbons (Fsp3) is 0.100. The smallest absolute Gasteiger partial charge is 0.339 e. The Kier molecular flexibility index (Phi) is 4.72. The van der Waals surface area contributed by atoms with E-state index in [0.29, 0.717) is 16.6 Å². The van der Waals surface area contributed by atoms with Gasteiger partial charge in [0.2, 0.25) is 0 Å². The first-order valence-electron chi connectivity index (χ1n) is 7.98. The zero-order valence-corrected chi connectivity index (χ0v) is 15.5. The van der Waals surface area contributed by atoms with Gasteiger partial charge in [0.05, 0.1) is 11.2 Å². The Morgan fingerprint density at radius 1 is 1.07 bits per heavy atom. The first kappa shape index (κ1) is 18.2. The fourth-order valence-corrected chi connectivity index (χ4v) is 3.68. The Bertz CT molecular complexity index is 1220. The van der Waals surface area contributed by atoms with Gasteiger partial charge in [-0.1, -0.05) is 29.8 Å². The molecule has 0 fully saturated rings. The van der Waals surface area contributed by atoms with Crippen molar-refractivity contribution in [1.29, 1.82) is 10.5 Å². The van der Waals surface area contributed by atoms with Gasteiger partial charge >= 0.3 is 10.1 Å². The first-order valence-corrected chi connectivity index (χ1v) is 9.38. The lowest BCUT2D eigenvalue weighted by atomic mass is 10.2. The molecule has 0 unspecified atom stereocenters. The van der Waals surface area contributed by atoms with Crippen molar-refractivity contribution in [2.24, 2.45) is 7.05 Å². The number of hydrogen-bond acceptors (Lipinski definition) is 5. The number of nitrogens with zero attached hydrogens (tertiary/aromatic N) is 3. The summed E-state index contributed by atoms with van der Waals surface area (Å²) in [5, 5.41) is 18.7. The van der Waals surface area contributed by atoms with Crippen molar-refractivity contribution in [3.05, 3.63) is 65.4 Å². The van der Waals surface area contributed by atoms with Crippen LogP contribution in [0.5, 0.6) is 5.75 Å². The molecule has 0 amide bonds. The summed E-state index contributed by atoms with van der Waals surface area (Å²) in [7, 11) is -2.37. The van der Waals surface area contributed by atoms with Gasteiger partial charge in [-0.25, -0.2) is 0 Å². The third kappa shape index (κ3) is 3.41. The summed E-state index contributed by atoms with van der Waals surface area (Å²) in [6.07, 6.45) is 1.32. The van der Waals surface area contributed by atoms with Gasteiger partial charge in [-0.15, -0.1) is 0 Å². The van der Waals surface area contributed by atoms with Gasteiger partial charge < -0.3 is 8.75 Å². The van der Waals surface area contributed by atoms with E-state index in [2.05, 4.69) is 0 Å². The van der Waals surface area contributed by atoms with Crippen molar-refractivity contribution in [1.82, 2.24) is 4.57 Å². The number of nitriles is 2. The van der Waals surface area contributed by atoms with Crippen LogP contribution >= 0.6 is 0 Å². The summed E-state index contributed by atoms with van der Waals surface area (Å²) >= 11 is 0. The molecule has 0 bridgehead atoms. The minimum absolute atomic E-state index is 0.0248. The number of aromatic nitrogens is 1. The largest absolute Gasteiger partial charge is 0.376 e. The number of benzene rings is 2. The van der Waals surface area contributed by atoms with Gasteiger partial charge in [-0.3, -0.25) is 0 Å². The van der Waals surface area contributed by atoms with Crippen LogP contribution in [0.15, 0.2) is 59.0 Å². The maximum absolute atomic E-state index is 12.8. The third-order valence-corrected chi connectivity index (χ3v) is 5.36. The molecule has 134 valence electrons. The standard InChI is InChI=1S/C20H15N3O3S/c1-14-7-9-16(10-8-14)27(24,25)26-20-17-5-3-4-6-18(17)23(2)19(20)11-15(12-21)13-22/h3-11H,1-2H3. The van der Waals surface area contributed by atoms with E-state index >= 15 is 0 Å². The summed E-state index contributed by atoms with van der Waals surface area (Å²) < 4.78 is 32.7. The molecule has 0 aliphatic rings. The van der Waals surface area contributed by atoms with E-state index < -0.39 is 10.1 Å².